The quantitative estimate of drug-likeness (QED) is 0.753. The van der Waals surface area contributed by atoms with Gasteiger partial charge < -0.3 is 10.6 Å². The molecule has 4 rings (SSSR count). The molecule has 7 heteroatoms. The van der Waals surface area contributed by atoms with Crippen LogP contribution in [0.1, 0.15) is 27.3 Å². The van der Waals surface area contributed by atoms with Gasteiger partial charge in [0.25, 0.3) is 5.91 Å². The molecule has 0 bridgehead atoms. The van der Waals surface area contributed by atoms with Crippen molar-refractivity contribution in [3.05, 3.63) is 59.0 Å². The number of hydrogen-bond donors (Lipinski definition) is 1. The Kier molecular flexibility index (Phi) is 4.35. The van der Waals surface area contributed by atoms with Crippen molar-refractivity contribution >= 4 is 11.9 Å². The SMILES string of the molecule is Cc1nc(N)ncc1C(=O)N1CCc2c(-c3ccccc3)nn(C)c2CC1. The van der Waals surface area contributed by atoms with E-state index in [0.717, 1.165) is 24.1 Å². The molecule has 0 aliphatic carbocycles. The summed E-state index contributed by atoms with van der Waals surface area (Å²) >= 11 is 0. The summed E-state index contributed by atoms with van der Waals surface area (Å²) in [6.07, 6.45) is 3.06. The number of rotatable bonds is 2. The largest absolute Gasteiger partial charge is 0.368 e. The first-order valence-electron chi connectivity index (χ1n) is 9.03. The zero-order valence-electron chi connectivity index (χ0n) is 15.5. The fourth-order valence-corrected chi connectivity index (χ4v) is 3.67. The summed E-state index contributed by atoms with van der Waals surface area (Å²) < 4.78 is 1.95. The monoisotopic (exact) mass is 362 g/mol. The van der Waals surface area contributed by atoms with Gasteiger partial charge in [-0.1, -0.05) is 30.3 Å². The molecule has 0 saturated carbocycles. The number of nitrogens with zero attached hydrogens (tertiary/aromatic N) is 5. The van der Waals surface area contributed by atoms with E-state index in [0.29, 0.717) is 24.3 Å². The molecule has 1 amide bonds. The number of nitrogen functional groups attached to an aromatic ring is 1. The highest BCUT2D eigenvalue weighted by Crippen LogP contribution is 2.28. The molecule has 0 unspecified atom stereocenters. The van der Waals surface area contributed by atoms with Crippen LogP contribution >= 0.6 is 0 Å². The number of fused-ring (bicyclic) bond motifs is 1. The van der Waals surface area contributed by atoms with E-state index in [2.05, 4.69) is 22.1 Å². The minimum absolute atomic E-state index is 0.0467. The molecular formula is C20H22N6O. The average Bonchev–Trinajstić information content (AvgIpc) is 2.84. The van der Waals surface area contributed by atoms with Crippen LogP contribution in [0.15, 0.2) is 36.5 Å². The van der Waals surface area contributed by atoms with Crippen LogP contribution < -0.4 is 5.73 Å². The Bertz CT molecular complexity index is 995. The first kappa shape index (κ1) is 17.2. The zero-order chi connectivity index (χ0) is 19.0. The molecule has 0 saturated heterocycles. The fraction of sp³-hybridized carbons (Fsp3) is 0.300. The van der Waals surface area contributed by atoms with Crippen molar-refractivity contribution in [3.63, 3.8) is 0 Å². The second-order valence-electron chi connectivity index (χ2n) is 6.78. The number of anilines is 1. The van der Waals surface area contributed by atoms with Crippen LogP contribution in [0.3, 0.4) is 0 Å². The molecule has 0 radical (unpaired) electrons. The molecule has 0 spiro atoms. The first-order chi connectivity index (χ1) is 13.0. The van der Waals surface area contributed by atoms with E-state index >= 15 is 0 Å². The van der Waals surface area contributed by atoms with Gasteiger partial charge in [-0.05, 0) is 13.3 Å². The first-order valence-corrected chi connectivity index (χ1v) is 9.03. The van der Waals surface area contributed by atoms with Gasteiger partial charge in [0, 0.05) is 49.6 Å². The topological polar surface area (TPSA) is 89.9 Å². The lowest BCUT2D eigenvalue weighted by atomic mass is 10.0. The van der Waals surface area contributed by atoms with E-state index in [1.165, 1.54) is 17.5 Å². The van der Waals surface area contributed by atoms with E-state index in [9.17, 15) is 4.79 Å². The van der Waals surface area contributed by atoms with Gasteiger partial charge in [0.2, 0.25) is 5.95 Å². The summed E-state index contributed by atoms with van der Waals surface area (Å²) in [5.41, 5.74) is 11.3. The maximum Gasteiger partial charge on any atom is 0.257 e. The fourth-order valence-electron chi connectivity index (χ4n) is 3.67. The Morgan fingerprint density at radius 2 is 1.89 bits per heavy atom. The molecule has 7 nitrogen and oxygen atoms in total. The maximum absolute atomic E-state index is 13.0. The zero-order valence-corrected chi connectivity index (χ0v) is 15.5. The minimum Gasteiger partial charge on any atom is -0.368 e. The third-order valence-corrected chi connectivity index (χ3v) is 5.09. The van der Waals surface area contributed by atoms with Gasteiger partial charge in [0.1, 0.15) is 0 Å². The van der Waals surface area contributed by atoms with Gasteiger partial charge >= 0.3 is 0 Å². The van der Waals surface area contributed by atoms with Crippen molar-refractivity contribution < 1.29 is 4.79 Å². The highest BCUT2D eigenvalue weighted by atomic mass is 16.2. The van der Waals surface area contributed by atoms with Gasteiger partial charge in [-0.25, -0.2) is 9.97 Å². The van der Waals surface area contributed by atoms with Crippen LogP contribution in [0.25, 0.3) is 11.3 Å². The molecule has 138 valence electrons. The van der Waals surface area contributed by atoms with Crippen molar-refractivity contribution in [2.75, 3.05) is 18.8 Å². The smallest absolute Gasteiger partial charge is 0.257 e. The summed E-state index contributed by atoms with van der Waals surface area (Å²) in [4.78, 5) is 22.9. The van der Waals surface area contributed by atoms with Gasteiger partial charge in [-0.2, -0.15) is 5.10 Å². The van der Waals surface area contributed by atoms with Crippen LogP contribution in [0, 0.1) is 6.92 Å². The Morgan fingerprint density at radius 3 is 2.63 bits per heavy atom. The lowest BCUT2D eigenvalue weighted by molar-refractivity contribution is 0.0761. The molecule has 2 N–H and O–H groups in total. The molecular weight excluding hydrogens is 340 g/mol. The highest BCUT2D eigenvalue weighted by molar-refractivity contribution is 5.95. The molecule has 1 aliphatic heterocycles. The van der Waals surface area contributed by atoms with Crippen LogP contribution in [-0.2, 0) is 19.9 Å². The number of carbonyl (C=O) groups is 1. The molecule has 1 aromatic carbocycles. The van der Waals surface area contributed by atoms with Gasteiger partial charge in [0.15, 0.2) is 0 Å². The molecule has 1 aliphatic rings. The molecule has 3 heterocycles. The summed E-state index contributed by atoms with van der Waals surface area (Å²) in [7, 11) is 1.97. The summed E-state index contributed by atoms with van der Waals surface area (Å²) in [5.74, 6) is 0.139. The summed E-state index contributed by atoms with van der Waals surface area (Å²) in [6, 6.07) is 10.2. The number of aryl methyl sites for hydroxylation is 2. The number of benzene rings is 1. The highest BCUT2D eigenvalue weighted by Gasteiger charge is 2.26. The Labute approximate surface area is 157 Å². The number of carbonyl (C=O) groups excluding carboxylic acids is 1. The van der Waals surface area contributed by atoms with Gasteiger partial charge in [0.05, 0.1) is 17.0 Å². The second kappa shape index (κ2) is 6.83. The van der Waals surface area contributed by atoms with Crippen molar-refractivity contribution in [1.82, 2.24) is 24.6 Å². The number of hydrogen-bond acceptors (Lipinski definition) is 5. The predicted octanol–water partition coefficient (Wildman–Crippen LogP) is 2.01. The van der Waals surface area contributed by atoms with Gasteiger partial charge in [-0.15, -0.1) is 0 Å². The lowest BCUT2D eigenvalue weighted by Gasteiger charge is -2.21. The lowest BCUT2D eigenvalue weighted by Crippen LogP contribution is -2.34. The Balaban J connectivity index is 1.61. The Hall–Kier alpha value is -3.22. The van der Waals surface area contributed by atoms with Crippen molar-refractivity contribution in [3.8, 4) is 11.3 Å². The average molecular weight is 362 g/mol. The van der Waals surface area contributed by atoms with E-state index in [1.807, 2.05) is 34.8 Å². The predicted molar refractivity (Wildman–Crippen MR) is 103 cm³/mol. The van der Waals surface area contributed by atoms with Crippen LogP contribution in [0.2, 0.25) is 0 Å². The molecule has 0 atom stereocenters. The van der Waals surface area contributed by atoms with E-state index in [-0.39, 0.29) is 11.9 Å². The van der Waals surface area contributed by atoms with Gasteiger partial charge in [-0.3, -0.25) is 9.48 Å². The van der Waals surface area contributed by atoms with Crippen LogP contribution in [0.4, 0.5) is 5.95 Å². The third-order valence-electron chi connectivity index (χ3n) is 5.09. The maximum atomic E-state index is 13.0. The second-order valence-corrected chi connectivity index (χ2v) is 6.78. The van der Waals surface area contributed by atoms with E-state index < -0.39 is 0 Å². The van der Waals surface area contributed by atoms with E-state index in [1.54, 1.807) is 6.92 Å². The van der Waals surface area contributed by atoms with Crippen molar-refractivity contribution in [1.29, 1.82) is 0 Å². The van der Waals surface area contributed by atoms with Crippen molar-refractivity contribution in [2.45, 2.75) is 19.8 Å². The molecule has 0 fully saturated rings. The number of aromatic nitrogens is 4. The standard InChI is InChI=1S/C20H22N6O/c1-13-16(12-22-20(21)23-13)19(27)26-10-8-15-17(9-11-26)25(2)24-18(15)14-6-4-3-5-7-14/h3-7,12H,8-11H2,1-2H3,(H2,21,22,23). The third kappa shape index (κ3) is 3.16. The molecule has 27 heavy (non-hydrogen) atoms. The summed E-state index contributed by atoms with van der Waals surface area (Å²) in [5, 5.41) is 4.74. The number of nitrogens with two attached hydrogens (primary N) is 1. The van der Waals surface area contributed by atoms with E-state index in [4.69, 9.17) is 10.8 Å². The molecule has 2 aromatic heterocycles. The summed E-state index contributed by atoms with van der Waals surface area (Å²) in [6.45, 7) is 3.07. The number of amides is 1. The van der Waals surface area contributed by atoms with Crippen LogP contribution in [-0.4, -0.2) is 43.6 Å². The molecule has 3 aromatic rings. The Morgan fingerprint density at radius 1 is 1.15 bits per heavy atom. The normalized spacial score (nSPS) is 13.9. The van der Waals surface area contributed by atoms with Crippen molar-refractivity contribution in [2.24, 2.45) is 7.05 Å². The minimum atomic E-state index is -0.0467. The van der Waals surface area contributed by atoms with Crippen LogP contribution in [0.5, 0.6) is 0 Å².